The maximum absolute atomic E-state index is 4.22. The first-order chi connectivity index (χ1) is 8.28. The Hall–Kier alpha value is -2.04. The molecule has 0 fully saturated rings. The molecule has 17 heavy (non-hydrogen) atoms. The highest BCUT2D eigenvalue weighted by molar-refractivity contribution is 5.51. The second-order valence-electron chi connectivity index (χ2n) is 3.84. The van der Waals surface area contributed by atoms with Crippen molar-refractivity contribution in [3.63, 3.8) is 0 Å². The third kappa shape index (κ3) is 3.21. The van der Waals surface area contributed by atoms with Gasteiger partial charge in [-0.15, -0.1) is 0 Å². The minimum atomic E-state index is 0.767. The minimum Gasteiger partial charge on any atom is -0.381 e. The second-order valence-corrected chi connectivity index (χ2v) is 3.84. The molecule has 90 valence electrons. The number of nitrogens with zero attached hydrogens (tertiary/aromatic N) is 3. The van der Waals surface area contributed by atoms with Gasteiger partial charge in [0, 0.05) is 49.8 Å². The van der Waals surface area contributed by atoms with Gasteiger partial charge in [-0.2, -0.15) is 5.10 Å². The smallest absolute Gasteiger partial charge is 0.127 e. The summed E-state index contributed by atoms with van der Waals surface area (Å²) in [5, 5.41) is 10.7. The van der Waals surface area contributed by atoms with Crippen LogP contribution < -0.4 is 10.6 Å². The van der Waals surface area contributed by atoms with E-state index in [4.69, 9.17) is 0 Å². The topological polar surface area (TPSA) is 54.8 Å². The fourth-order valence-electron chi connectivity index (χ4n) is 1.59. The van der Waals surface area contributed by atoms with Gasteiger partial charge in [0.15, 0.2) is 0 Å². The van der Waals surface area contributed by atoms with Crippen molar-refractivity contribution < 1.29 is 0 Å². The molecule has 0 aliphatic heterocycles. The number of anilines is 2. The SMILES string of the molecule is CCNc1cc(NCc2cnn(C)c2)ccn1. The van der Waals surface area contributed by atoms with Crippen LogP contribution in [0, 0.1) is 0 Å². The van der Waals surface area contributed by atoms with Crippen molar-refractivity contribution in [3.8, 4) is 0 Å². The molecule has 2 heterocycles. The molecule has 0 spiro atoms. The number of nitrogens with one attached hydrogen (secondary N) is 2. The van der Waals surface area contributed by atoms with E-state index in [2.05, 4.69) is 27.6 Å². The van der Waals surface area contributed by atoms with Crippen molar-refractivity contribution >= 4 is 11.5 Å². The van der Waals surface area contributed by atoms with Crippen molar-refractivity contribution in [3.05, 3.63) is 36.3 Å². The van der Waals surface area contributed by atoms with Crippen LogP contribution in [0.15, 0.2) is 30.7 Å². The van der Waals surface area contributed by atoms with Gasteiger partial charge in [-0.05, 0) is 13.0 Å². The molecule has 2 aromatic heterocycles. The molecule has 0 saturated carbocycles. The first-order valence-corrected chi connectivity index (χ1v) is 5.69. The molecule has 5 nitrogen and oxygen atoms in total. The summed E-state index contributed by atoms with van der Waals surface area (Å²) in [7, 11) is 1.92. The van der Waals surface area contributed by atoms with Crippen molar-refractivity contribution in [1.29, 1.82) is 0 Å². The normalized spacial score (nSPS) is 10.2. The molecular formula is C12H17N5. The standard InChI is InChI=1S/C12H17N5/c1-3-13-12-6-11(4-5-14-12)15-7-10-8-16-17(2)9-10/h4-6,8-9H,3,7H2,1-2H3,(H2,13,14,15). The molecule has 0 aromatic carbocycles. The molecule has 2 N–H and O–H groups in total. The van der Waals surface area contributed by atoms with E-state index < -0.39 is 0 Å². The van der Waals surface area contributed by atoms with Gasteiger partial charge >= 0.3 is 0 Å². The van der Waals surface area contributed by atoms with Crippen LogP contribution in [0.2, 0.25) is 0 Å². The Bertz CT molecular complexity index is 477. The molecule has 0 amide bonds. The number of aryl methyl sites for hydroxylation is 1. The van der Waals surface area contributed by atoms with Crippen molar-refractivity contribution in [2.24, 2.45) is 7.05 Å². The molecule has 0 radical (unpaired) electrons. The lowest BCUT2D eigenvalue weighted by Gasteiger charge is -2.07. The predicted octanol–water partition coefficient (Wildman–Crippen LogP) is 1.86. The molecule has 0 aliphatic rings. The molecule has 2 rings (SSSR count). The Morgan fingerprint density at radius 2 is 2.24 bits per heavy atom. The predicted molar refractivity (Wildman–Crippen MR) is 68.9 cm³/mol. The summed E-state index contributed by atoms with van der Waals surface area (Å²) in [6, 6.07) is 3.96. The minimum absolute atomic E-state index is 0.767. The lowest BCUT2D eigenvalue weighted by molar-refractivity contribution is 0.767. The van der Waals surface area contributed by atoms with E-state index in [0.717, 1.165) is 30.2 Å². The fraction of sp³-hybridized carbons (Fsp3) is 0.333. The number of aromatic nitrogens is 3. The van der Waals surface area contributed by atoms with E-state index in [0.29, 0.717) is 0 Å². The Morgan fingerprint density at radius 3 is 2.94 bits per heavy atom. The molecule has 0 atom stereocenters. The van der Waals surface area contributed by atoms with Gasteiger partial charge in [0.25, 0.3) is 0 Å². The summed E-state index contributed by atoms with van der Waals surface area (Å²) in [6.07, 6.45) is 5.66. The van der Waals surface area contributed by atoms with Crippen LogP contribution in [-0.2, 0) is 13.6 Å². The van der Waals surface area contributed by atoms with Crippen LogP contribution in [0.5, 0.6) is 0 Å². The van der Waals surface area contributed by atoms with Crippen LogP contribution in [0.4, 0.5) is 11.5 Å². The molecule has 0 aliphatic carbocycles. The lowest BCUT2D eigenvalue weighted by Crippen LogP contribution is -2.02. The third-order valence-electron chi connectivity index (χ3n) is 2.37. The van der Waals surface area contributed by atoms with Gasteiger partial charge in [-0.3, -0.25) is 4.68 Å². The van der Waals surface area contributed by atoms with Gasteiger partial charge in [0.2, 0.25) is 0 Å². The molecule has 2 aromatic rings. The third-order valence-corrected chi connectivity index (χ3v) is 2.37. The van der Waals surface area contributed by atoms with Crippen LogP contribution in [-0.4, -0.2) is 21.3 Å². The van der Waals surface area contributed by atoms with Gasteiger partial charge < -0.3 is 10.6 Å². The number of pyridine rings is 1. The quantitative estimate of drug-likeness (QED) is 0.824. The van der Waals surface area contributed by atoms with Crippen LogP contribution in [0.25, 0.3) is 0 Å². The fourth-order valence-corrected chi connectivity index (χ4v) is 1.59. The van der Waals surface area contributed by atoms with Gasteiger partial charge in [-0.1, -0.05) is 0 Å². The lowest BCUT2D eigenvalue weighted by atomic mass is 10.3. The van der Waals surface area contributed by atoms with Crippen molar-refractivity contribution in [2.45, 2.75) is 13.5 Å². The maximum Gasteiger partial charge on any atom is 0.127 e. The Balaban J connectivity index is 1.96. The summed E-state index contributed by atoms with van der Waals surface area (Å²) in [5.41, 5.74) is 2.22. The van der Waals surface area contributed by atoms with E-state index in [-0.39, 0.29) is 0 Å². The number of hydrogen-bond donors (Lipinski definition) is 2. The average Bonchev–Trinajstić information content (AvgIpc) is 2.74. The Labute approximate surface area is 101 Å². The highest BCUT2D eigenvalue weighted by Crippen LogP contribution is 2.12. The van der Waals surface area contributed by atoms with Crippen molar-refractivity contribution in [2.75, 3.05) is 17.2 Å². The highest BCUT2D eigenvalue weighted by atomic mass is 15.2. The van der Waals surface area contributed by atoms with Gasteiger partial charge in [0.05, 0.1) is 6.20 Å². The number of rotatable bonds is 5. The van der Waals surface area contributed by atoms with E-state index in [1.165, 1.54) is 0 Å². The maximum atomic E-state index is 4.22. The summed E-state index contributed by atoms with van der Waals surface area (Å²) < 4.78 is 1.80. The van der Waals surface area contributed by atoms with E-state index in [9.17, 15) is 0 Å². The summed E-state index contributed by atoms with van der Waals surface area (Å²) in [5.74, 6) is 0.892. The average molecular weight is 231 g/mol. The van der Waals surface area contributed by atoms with E-state index in [1.807, 2.05) is 31.6 Å². The summed E-state index contributed by atoms with van der Waals surface area (Å²) >= 11 is 0. The zero-order valence-corrected chi connectivity index (χ0v) is 10.1. The Morgan fingerprint density at radius 1 is 1.35 bits per heavy atom. The molecule has 5 heteroatoms. The number of hydrogen-bond acceptors (Lipinski definition) is 4. The van der Waals surface area contributed by atoms with Crippen LogP contribution >= 0.6 is 0 Å². The zero-order valence-electron chi connectivity index (χ0n) is 10.1. The monoisotopic (exact) mass is 231 g/mol. The first-order valence-electron chi connectivity index (χ1n) is 5.69. The molecular weight excluding hydrogens is 214 g/mol. The molecule has 0 bridgehead atoms. The van der Waals surface area contributed by atoms with Crippen LogP contribution in [0.1, 0.15) is 12.5 Å². The molecule has 0 unspecified atom stereocenters. The van der Waals surface area contributed by atoms with E-state index >= 15 is 0 Å². The zero-order chi connectivity index (χ0) is 12.1. The first kappa shape index (κ1) is 11.4. The van der Waals surface area contributed by atoms with Crippen molar-refractivity contribution in [1.82, 2.24) is 14.8 Å². The van der Waals surface area contributed by atoms with E-state index in [1.54, 1.807) is 10.9 Å². The van der Waals surface area contributed by atoms with Gasteiger partial charge in [-0.25, -0.2) is 4.98 Å². The summed E-state index contributed by atoms with van der Waals surface area (Å²) in [6.45, 7) is 3.69. The Kier molecular flexibility index (Phi) is 3.59. The largest absolute Gasteiger partial charge is 0.381 e. The molecule has 0 saturated heterocycles. The summed E-state index contributed by atoms with van der Waals surface area (Å²) in [4.78, 5) is 4.22. The second kappa shape index (κ2) is 5.34. The van der Waals surface area contributed by atoms with Crippen LogP contribution in [0.3, 0.4) is 0 Å². The van der Waals surface area contributed by atoms with Gasteiger partial charge in [0.1, 0.15) is 5.82 Å². The highest BCUT2D eigenvalue weighted by Gasteiger charge is 1.98.